The summed E-state index contributed by atoms with van der Waals surface area (Å²) in [5.74, 6) is -0.0395. The number of carbonyl (C=O) groups excluding carboxylic acids is 1. The minimum Gasteiger partial charge on any atom is -0.370 e. The Labute approximate surface area is 140 Å². The molecular weight excluding hydrogens is 309 g/mol. The summed E-state index contributed by atoms with van der Waals surface area (Å²) >= 11 is 0. The van der Waals surface area contributed by atoms with Crippen molar-refractivity contribution in [2.24, 2.45) is 0 Å². The smallest absolute Gasteiger partial charge is 0.251 e. The van der Waals surface area contributed by atoms with E-state index in [0.717, 1.165) is 18.8 Å². The molecule has 0 spiro atoms. The third-order valence-electron chi connectivity index (χ3n) is 3.91. The van der Waals surface area contributed by atoms with Crippen molar-refractivity contribution in [3.63, 3.8) is 0 Å². The van der Waals surface area contributed by atoms with Crippen LogP contribution in [0.3, 0.4) is 0 Å². The minimum absolute atomic E-state index is 0.298. The molecule has 2 N–H and O–H groups in total. The molecule has 0 unspecified atom stereocenters. The highest BCUT2D eigenvalue weighted by atomic mass is 19.1. The molecule has 1 aliphatic rings. The first kappa shape index (κ1) is 16.2. The number of nitrogens with zero attached hydrogens (tertiary/aromatic N) is 3. The summed E-state index contributed by atoms with van der Waals surface area (Å²) in [4.78, 5) is 14.2. The summed E-state index contributed by atoms with van der Waals surface area (Å²) in [6.07, 6.45) is 4.18. The zero-order chi connectivity index (χ0) is 16.8. The molecule has 0 aliphatic carbocycles. The average Bonchev–Trinajstić information content (AvgIpc) is 3.13. The molecule has 1 saturated heterocycles. The van der Waals surface area contributed by atoms with Gasteiger partial charge in [-0.2, -0.15) is 5.10 Å². The number of carbonyl (C=O) groups is 1. The average molecular weight is 329 g/mol. The lowest BCUT2D eigenvalue weighted by Crippen LogP contribution is -2.29. The summed E-state index contributed by atoms with van der Waals surface area (Å²) in [7, 11) is 0. The number of amides is 1. The van der Waals surface area contributed by atoms with Gasteiger partial charge in [0.15, 0.2) is 5.82 Å². The van der Waals surface area contributed by atoms with Gasteiger partial charge in [-0.15, -0.1) is 5.10 Å². The van der Waals surface area contributed by atoms with Crippen LogP contribution in [0.5, 0.6) is 0 Å². The van der Waals surface area contributed by atoms with Crippen LogP contribution in [-0.2, 0) is 0 Å². The summed E-state index contributed by atoms with van der Waals surface area (Å²) in [6.45, 7) is 3.02. The first-order valence-electron chi connectivity index (χ1n) is 8.08. The van der Waals surface area contributed by atoms with Crippen molar-refractivity contribution in [1.82, 2.24) is 15.5 Å². The van der Waals surface area contributed by atoms with Gasteiger partial charge in [-0.05, 0) is 31.0 Å². The van der Waals surface area contributed by atoms with E-state index in [1.54, 1.807) is 12.3 Å². The van der Waals surface area contributed by atoms with Crippen LogP contribution in [0.25, 0.3) is 0 Å². The van der Waals surface area contributed by atoms with E-state index in [-0.39, 0.29) is 5.91 Å². The number of hydrogen-bond acceptors (Lipinski definition) is 5. The number of benzene rings is 1. The number of rotatable bonds is 6. The van der Waals surface area contributed by atoms with Gasteiger partial charge in [0, 0.05) is 37.8 Å². The zero-order valence-electron chi connectivity index (χ0n) is 13.3. The van der Waals surface area contributed by atoms with Gasteiger partial charge in [0.25, 0.3) is 5.91 Å². The third-order valence-corrected chi connectivity index (χ3v) is 3.91. The second-order valence-electron chi connectivity index (χ2n) is 5.69. The van der Waals surface area contributed by atoms with Gasteiger partial charge in [0.05, 0.1) is 11.9 Å². The minimum atomic E-state index is -0.422. The molecule has 0 atom stereocenters. The number of hydrogen-bond donors (Lipinski definition) is 2. The molecule has 24 heavy (non-hydrogen) atoms. The first-order chi connectivity index (χ1) is 11.7. The summed E-state index contributed by atoms with van der Waals surface area (Å²) in [5.41, 5.74) is 1.37. The van der Waals surface area contributed by atoms with Gasteiger partial charge in [-0.1, -0.05) is 6.07 Å². The first-order valence-corrected chi connectivity index (χ1v) is 8.08. The fourth-order valence-electron chi connectivity index (χ4n) is 2.69. The Balaban J connectivity index is 1.46. The van der Waals surface area contributed by atoms with E-state index >= 15 is 0 Å². The molecule has 0 bridgehead atoms. The predicted molar refractivity (Wildman–Crippen MR) is 90.7 cm³/mol. The Kier molecular flexibility index (Phi) is 5.20. The lowest BCUT2D eigenvalue weighted by atomic mass is 10.2. The fourth-order valence-corrected chi connectivity index (χ4v) is 2.69. The lowest BCUT2D eigenvalue weighted by Gasteiger charge is -2.17. The van der Waals surface area contributed by atoms with Crippen molar-refractivity contribution in [3.05, 3.63) is 47.9 Å². The Bertz CT molecular complexity index is 703. The molecule has 1 aromatic carbocycles. The van der Waals surface area contributed by atoms with Crippen LogP contribution in [-0.4, -0.2) is 42.3 Å². The molecule has 1 aliphatic heterocycles. The SMILES string of the molecule is O=C(NCCNc1cc(N2CCCC2)cnn1)c1cccc(F)c1. The Morgan fingerprint density at radius 1 is 1.21 bits per heavy atom. The van der Waals surface area contributed by atoms with Crippen molar-refractivity contribution in [2.75, 3.05) is 36.4 Å². The quantitative estimate of drug-likeness (QED) is 0.794. The van der Waals surface area contributed by atoms with E-state index in [2.05, 4.69) is 25.7 Å². The van der Waals surface area contributed by atoms with Crippen LogP contribution in [0.2, 0.25) is 0 Å². The van der Waals surface area contributed by atoms with Crippen LogP contribution >= 0.6 is 0 Å². The maximum absolute atomic E-state index is 13.1. The van der Waals surface area contributed by atoms with Gasteiger partial charge in [0.2, 0.25) is 0 Å². The molecule has 0 radical (unpaired) electrons. The third kappa shape index (κ3) is 4.18. The molecule has 1 aromatic heterocycles. The molecule has 6 nitrogen and oxygen atoms in total. The number of halogens is 1. The Morgan fingerprint density at radius 3 is 2.83 bits per heavy atom. The maximum atomic E-state index is 13.1. The second kappa shape index (κ2) is 7.72. The van der Waals surface area contributed by atoms with Gasteiger partial charge in [0.1, 0.15) is 5.82 Å². The normalized spacial score (nSPS) is 13.8. The van der Waals surface area contributed by atoms with E-state index in [0.29, 0.717) is 24.5 Å². The topological polar surface area (TPSA) is 70.2 Å². The van der Waals surface area contributed by atoms with Crippen LogP contribution in [0.4, 0.5) is 15.9 Å². The van der Waals surface area contributed by atoms with E-state index < -0.39 is 5.82 Å². The maximum Gasteiger partial charge on any atom is 0.251 e. The Hall–Kier alpha value is -2.70. The zero-order valence-corrected chi connectivity index (χ0v) is 13.3. The van der Waals surface area contributed by atoms with Crippen molar-refractivity contribution < 1.29 is 9.18 Å². The number of anilines is 2. The second-order valence-corrected chi connectivity index (χ2v) is 5.69. The van der Waals surface area contributed by atoms with Crippen LogP contribution in [0, 0.1) is 5.82 Å². The highest BCUT2D eigenvalue weighted by molar-refractivity contribution is 5.94. The summed E-state index contributed by atoms with van der Waals surface area (Å²) in [6, 6.07) is 7.59. The van der Waals surface area contributed by atoms with Crippen LogP contribution < -0.4 is 15.5 Å². The van der Waals surface area contributed by atoms with Crippen molar-refractivity contribution in [1.29, 1.82) is 0 Å². The molecule has 2 heterocycles. The van der Waals surface area contributed by atoms with Gasteiger partial charge in [-0.25, -0.2) is 4.39 Å². The van der Waals surface area contributed by atoms with Gasteiger partial charge < -0.3 is 15.5 Å². The molecular formula is C17H20FN5O. The largest absolute Gasteiger partial charge is 0.370 e. The Morgan fingerprint density at radius 2 is 2.04 bits per heavy atom. The molecule has 0 saturated carbocycles. The molecule has 2 aromatic rings. The molecule has 3 rings (SSSR count). The summed E-state index contributed by atoms with van der Waals surface area (Å²) < 4.78 is 13.1. The predicted octanol–water partition coefficient (Wildman–Crippen LogP) is 2.06. The highest BCUT2D eigenvalue weighted by Gasteiger charge is 2.13. The van der Waals surface area contributed by atoms with Crippen LogP contribution in [0.1, 0.15) is 23.2 Å². The van der Waals surface area contributed by atoms with Crippen molar-refractivity contribution in [2.45, 2.75) is 12.8 Å². The standard InChI is InChI=1S/C17H20FN5O/c18-14-5-3-4-13(10-14)17(24)20-7-6-19-16-11-15(12-21-22-16)23-8-1-2-9-23/h3-5,10-12H,1-2,6-9H2,(H,19,22)(H,20,24). The summed E-state index contributed by atoms with van der Waals surface area (Å²) in [5, 5.41) is 13.9. The molecule has 1 fully saturated rings. The number of aromatic nitrogens is 2. The van der Waals surface area contributed by atoms with E-state index in [1.165, 1.54) is 31.0 Å². The van der Waals surface area contributed by atoms with Crippen molar-refractivity contribution in [3.8, 4) is 0 Å². The monoisotopic (exact) mass is 329 g/mol. The van der Waals surface area contributed by atoms with Crippen LogP contribution in [0.15, 0.2) is 36.5 Å². The highest BCUT2D eigenvalue weighted by Crippen LogP contribution is 2.20. The lowest BCUT2D eigenvalue weighted by molar-refractivity contribution is 0.0954. The molecule has 7 heteroatoms. The molecule has 1 amide bonds. The van der Waals surface area contributed by atoms with E-state index in [1.807, 2.05) is 6.07 Å². The number of nitrogens with one attached hydrogen (secondary N) is 2. The molecule has 126 valence electrons. The fraction of sp³-hybridized carbons (Fsp3) is 0.353. The van der Waals surface area contributed by atoms with Crippen molar-refractivity contribution >= 4 is 17.4 Å². The van der Waals surface area contributed by atoms with Gasteiger partial charge in [-0.3, -0.25) is 4.79 Å². The van der Waals surface area contributed by atoms with E-state index in [9.17, 15) is 9.18 Å². The van der Waals surface area contributed by atoms with Gasteiger partial charge >= 0.3 is 0 Å². The van der Waals surface area contributed by atoms with E-state index in [4.69, 9.17) is 0 Å².